The molecule has 0 aliphatic carbocycles. The molecule has 1 N–H and O–H groups in total. The van der Waals surface area contributed by atoms with Crippen molar-refractivity contribution in [2.75, 3.05) is 7.05 Å². The molecule has 1 unspecified atom stereocenters. The van der Waals surface area contributed by atoms with Crippen LogP contribution in [0.25, 0.3) is 0 Å². The van der Waals surface area contributed by atoms with Gasteiger partial charge in [-0.05, 0) is 55.0 Å². The number of nitrogens with one attached hydrogen (secondary N) is 1. The molecule has 0 aliphatic rings. The molecule has 3 nitrogen and oxygen atoms in total. The summed E-state index contributed by atoms with van der Waals surface area (Å²) < 4.78 is 17.8. The van der Waals surface area contributed by atoms with Crippen molar-refractivity contribution >= 4 is 31.9 Å². The van der Waals surface area contributed by atoms with E-state index in [1.165, 1.54) is 6.07 Å². The van der Waals surface area contributed by atoms with Gasteiger partial charge in [-0.1, -0.05) is 15.9 Å². The monoisotopic (exact) mass is 403 g/mol. The van der Waals surface area contributed by atoms with Gasteiger partial charge in [0.25, 0.3) is 0 Å². The van der Waals surface area contributed by atoms with Gasteiger partial charge >= 0.3 is 0 Å². The Kier molecular flexibility index (Phi) is 4.99. The highest BCUT2D eigenvalue weighted by Gasteiger charge is 2.24. The van der Waals surface area contributed by atoms with Crippen LogP contribution in [0.15, 0.2) is 33.3 Å². The Morgan fingerprint density at radius 2 is 2.00 bits per heavy atom. The first-order valence-corrected chi connectivity index (χ1v) is 7.89. The summed E-state index contributed by atoms with van der Waals surface area (Å²) in [4.78, 5) is 0. The second-order valence-corrected chi connectivity index (χ2v) is 6.57. The van der Waals surface area contributed by atoms with Crippen LogP contribution in [0, 0.1) is 5.82 Å². The first-order chi connectivity index (χ1) is 9.45. The lowest BCUT2D eigenvalue weighted by Crippen LogP contribution is -2.23. The van der Waals surface area contributed by atoms with Gasteiger partial charge in [-0.3, -0.25) is 4.68 Å². The van der Waals surface area contributed by atoms with Crippen LogP contribution in [-0.4, -0.2) is 16.8 Å². The van der Waals surface area contributed by atoms with E-state index in [1.54, 1.807) is 18.3 Å². The summed E-state index contributed by atoms with van der Waals surface area (Å²) in [5, 5.41) is 7.53. The average Bonchev–Trinajstić information content (AvgIpc) is 2.77. The lowest BCUT2D eigenvalue weighted by atomic mass is 10.0. The van der Waals surface area contributed by atoms with E-state index in [2.05, 4.69) is 42.3 Å². The van der Waals surface area contributed by atoms with Gasteiger partial charge in [-0.25, -0.2) is 4.39 Å². The van der Waals surface area contributed by atoms with Crippen LogP contribution in [0.2, 0.25) is 0 Å². The van der Waals surface area contributed by atoms with Gasteiger partial charge in [0, 0.05) is 16.1 Å². The van der Waals surface area contributed by atoms with Crippen LogP contribution in [0.4, 0.5) is 4.39 Å². The highest BCUT2D eigenvalue weighted by Crippen LogP contribution is 2.32. The lowest BCUT2D eigenvalue weighted by molar-refractivity contribution is 0.475. The summed E-state index contributed by atoms with van der Waals surface area (Å²) in [6, 6.07) is 4.88. The zero-order chi connectivity index (χ0) is 14.9. The molecule has 1 heterocycles. The molecule has 0 spiro atoms. The maximum Gasteiger partial charge on any atom is 0.128 e. The van der Waals surface area contributed by atoms with E-state index >= 15 is 0 Å². The maximum absolute atomic E-state index is 14.2. The Labute approximate surface area is 134 Å². The van der Waals surface area contributed by atoms with Gasteiger partial charge in [0.1, 0.15) is 5.82 Å². The average molecular weight is 405 g/mol. The number of rotatable bonds is 4. The second kappa shape index (κ2) is 6.37. The maximum atomic E-state index is 14.2. The van der Waals surface area contributed by atoms with E-state index < -0.39 is 0 Å². The minimum Gasteiger partial charge on any atom is -0.308 e. The second-order valence-electron chi connectivity index (χ2n) is 4.80. The van der Waals surface area contributed by atoms with Crippen molar-refractivity contribution in [2.45, 2.75) is 25.9 Å². The number of hydrogen-bond donors (Lipinski definition) is 1. The Hall–Kier alpha value is -0.720. The van der Waals surface area contributed by atoms with Crippen molar-refractivity contribution in [1.82, 2.24) is 15.1 Å². The van der Waals surface area contributed by atoms with Gasteiger partial charge in [-0.15, -0.1) is 0 Å². The van der Waals surface area contributed by atoms with Gasteiger partial charge in [0.2, 0.25) is 0 Å². The standard InChI is InChI=1S/C14H16Br2FN3/c1-8(2)20-14(11(16)7-19-20)13(18-3)10-6-9(15)4-5-12(10)17/h4-8,13,18H,1-3H3. The van der Waals surface area contributed by atoms with E-state index in [0.717, 1.165) is 14.6 Å². The molecule has 0 radical (unpaired) electrons. The Morgan fingerprint density at radius 1 is 1.30 bits per heavy atom. The molecule has 0 saturated carbocycles. The first-order valence-electron chi connectivity index (χ1n) is 6.30. The minimum absolute atomic E-state index is 0.197. The first kappa shape index (κ1) is 15.7. The molecule has 108 valence electrons. The summed E-state index contributed by atoms with van der Waals surface area (Å²) >= 11 is 6.90. The highest BCUT2D eigenvalue weighted by atomic mass is 79.9. The van der Waals surface area contributed by atoms with E-state index in [1.807, 2.05) is 25.6 Å². The van der Waals surface area contributed by atoms with Crippen molar-refractivity contribution in [3.8, 4) is 0 Å². The molecule has 0 amide bonds. The fourth-order valence-electron chi connectivity index (χ4n) is 2.21. The molecule has 0 bridgehead atoms. The van der Waals surface area contributed by atoms with Crippen LogP contribution in [-0.2, 0) is 0 Å². The molecule has 0 fully saturated rings. The lowest BCUT2D eigenvalue weighted by Gasteiger charge is -2.21. The zero-order valence-electron chi connectivity index (χ0n) is 11.5. The van der Waals surface area contributed by atoms with Crippen LogP contribution in [0.5, 0.6) is 0 Å². The normalized spacial score (nSPS) is 12.9. The number of hydrogen-bond acceptors (Lipinski definition) is 2. The molecule has 0 saturated heterocycles. The van der Waals surface area contributed by atoms with E-state index in [4.69, 9.17) is 0 Å². The largest absolute Gasteiger partial charge is 0.308 e. The molecular weight excluding hydrogens is 389 g/mol. The van der Waals surface area contributed by atoms with Gasteiger partial charge in [-0.2, -0.15) is 5.10 Å². The molecule has 1 aromatic carbocycles. The van der Waals surface area contributed by atoms with E-state index in [0.29, 0.717) is 5.56 Å². The molecular formula is C14H16Br2FN3. The fourth-order valence-corrected chi connectivity index (χ4v) is 3.09. The molecule has 1 aromatic heterocycles. The molecule has 2 rings (SSSR count). The highest BCUT2D eigenvalue weighted by molar-refractivity contribution is 9.10. The number of aromatic nitrogens is 2. The van der Waals surface area contributed by atoms with Crippen molar-refractivity contribution in [2.24, 2.45) is 0 Å². The van der Waals surface area contributed by atoms with Gasteiger partial charge < -0.3 is 5.32 Å². The quantitative estimate of drug-likeness (QED) is 0.816. The number of benzene rings is 1. The molecule has 1 atom stereocenters. The Morgan fingerprint density at radius 3 is 2.60 bits per heavy atom. The summed E-state index contributed by atoms with van der Waals surface area (Å²) in [5.74, 6) is -0.240. The summed E-state index contributed by atoms with van der Waals surface area (Å²) in [5.41, 5.74) is 1.50. The predicted molar refractivity (Wildman–Crippen MR) is 85.3 cm³/mol. The van der Waals surface area contributed by atoms with Crippen molar-refractivity contribution in [1.29, 1.82) is 0 Å². The number of nitrogens with zero attached hydrogens (tertiary/aromatic N) is 2. The smallest absolute Gasteiger partial charge is 0.128 e. The summed E-state index contributed by atoms with van der Waals surface area (Å²) in [7, 11) is 1.81. The molecule has 6 heteroatoms. The molecule has 20 heavy (non-hydrogen) atoms. The topological polar surface area (TPSA) is 29.9 Å². The molecule has 2 aromatic rings. The van der Waals surface area contributed by atoms with Crippen LogP contribution >= 0.6 is 31.9 Å². The van der Waals surface area contributed by atoms with Gasteiger partial charge in [0.05, 0.1) is 22.4 Å². The minimum atomic E-state index is -0.272. The van der Waals surface area contributed by atoms with Crippen molar-refractivity contribution in [3.63, 3.8) is 0 Å². The number of halogens is 3. The SMILES string of the molecule is CNC(c1cc(Br)ccc1F)c1c(Br)cnn1C(C)C. The van der Waals surface area contributed by atoms with Crippen LogP contribution < -0.4 is 5.32 Å². The van der Waals surface area contributed by atoms with Crippen LogP contribution in [0.1, 0.15) is 37.2 Å². The molecule has 0 aliphatic heterocycles. The zero-order valence-corrected chi connectivity index (χ0v) is 14.7. The third kappa shape index (κ3) is 2.97. The van der Waals surface area contributed by atoms with E-state index in [-0.39, 0.29) is 17.9 Å². The third-order valence-electron chi connectivity index (χ3n) is 3.11. The van der Waals surface area contributed by atoms with Crippen molar-refractivity contribution in [3.05, 3.63) is 50.4 Å². The van der Waals surface area contributed by atoms with Gasteiger partial charge in [0.15, 0.2) is 0 Å². The third-order valence-corrected chi connectivity index (χ3v) is 4.21. The predicted octanol–water partition coefficient (Wildman–Crippen LogP) is 4.44. The summed E-state index contributed by atoms with van der Waals surface area (Å²) in [6.45, 7) is 4.10. The van der Waals surface area contributed by atoms with E-state index in [9.17, 15) is 4.39 Å². The van der Waals surface area contributed by atoms with Crippen molar-refractivity contribution < 1.29 is 4.39 Å². The summed E-state index contributed by atoms with van der Waals surface area (Å²) in [6.07, 6.45) is 1.75. The fraction of sp³-hybridized carbons (Fsp3) is 0.357. The van der Waals surface area contributed by atoms with Crippen LogP contribution in [0.3, 0.4) is 0 Å². The Balaban J connectivity index is 2.58. The Bertz CT molecular complexity index is 610.